The highest BCUT2D eigenvalue weighted by Crippen LogP contribution is 2.29. The van der Waals surface area contributed by atoms with Crippen LogP contribution in [0.4, 0.5) is 27.3 Å². The van der Waals surface area contributed by atoms with Crippen LogP contribution in [0.2, 0.25) is 5.02 Å². The van der Waals surface area contributed by atoms with E-state index in [1.807, 2.05) is 0 Å². The summed E-state index contributed by atoms with van der Waals surface area (Å²) in [5.74, 6) is 0.0566. The molecule has 21 heavy (non-hydrogen) atoms. The first-order valence-corrected chi connectivity index (χ1v) is 6.44. The minimum absolute atomic E-state index is 0.0297. The first kappa shape index (κ1) is 13.4. The third kappa shape index (κ3) is 2.53. The molecule has 5 N–H and O–H groups in total. The summed E-state index contributed by atoms with van der Waals surface area (Å²) >= 11 is 5.76. The molecule has 1 heterocycles. The van der Waals surface area contributed by atoms with Gasteiger partial charge in [-0.05, 0) is 30.3 Å². The Kier molecular flexibility index (Phi) is 3.23. The van der Waals surface area contributed by atoms with Crippen LogP contribution in [0, 0.1) is 5.82 Å². The molecule has 0 fully saturated rings. The Labute approximate surface area is 124 Å². The van der Waals surface area contributed by atoms with E-state index >= 15 is 0 Å². The highest BCUT2D eigenvalue weighted by Gasteiger charge is 2.08. The smallest absolute Gasteiger partial charge is 0.141 e. The van der Waals surface area contributed by atoms with Gasteiger partial charge in [-0.25, -0.2) is 14.4 Å². The molecule has 7 heteroatoms. The number of nitrogens with two attached hydrogens (primary N) is 2. The van der Waals surface area contributed by atoms with Crippen molar-refractivity contribution in [3.63, 3.8) is 0 Å². The molecule has 0 unspecified atom stereocenters. The molecule has 0 bridgehead atoms. The minimum atomic E-state index is -0.480. The van der Waals surface area contributed by atoms with Crippen molar-refractivity contribution < 1.29 is 4.39 Å². The molecule has 0 spiro atoms. The monoisotopic (exact) mass is 303 g/mol. The Morgan fingerprint density at radius 2 is 1.81 bits per heavy atom. The van der Waals surface area contributed by atoms with Crippen molar-refractivity contribution in [2.24, 2.45) is 0 Å². The predicted octanol–water partition coefficient (Wildman–Crippen LogP) is 3.33. The lowest BCUT2D eigenvalue weighted by molar-refractivity contribution is 0.628. The van der Waals surface area contributed by atoms with Crippen LogP contribution < -0.4 is 16.8 Å². The fourth-order valence-corrected chi connectivity index (χ4v) is 2.13. The molecular formula is C14H11ClFN5. The minimum Gasteiger partial charge on any atom is -0.397 e. The molecule has 2 aromatic carbocycles. The van der Waals surface area contributed by atoms with Gasteiger partial charge < -0.3 is 16.8 Å². The summed E-state index contributed by atoms with van der Waals surface area (Å²) in [6.07, 6.45) is 1.41. The van der Waals surface area contributed by atoms with Crippen LogP contribution in [0.3, 0.4) is 0 Å². The summed E-state index contributed by atoms with van der Waals surface area (Å²) in [7, 11) is 0. The van der Waals surface area contributed by atoms with E-state index in [1.54, 1.807) is 18.2 Å². The topological polar surface area (TPSA) is 89.8 Å². The van der Waals surface area contributed by atoms with E-state index in [1.165, 1.54) is 18.5 Å². The van der Waals surface area contributed by atoms with E-state index in [0.29, 0.717) is 33.8 Å². The second kappa shape index (κ2) is 5.06. The summed E-state index contributed by atoms with van der Waals surface area (Å²) in [6, 6.07) is 7.69. The van der Waals surface area contributed by atoms with Crippen LogP contribution in [0.25, 0.3) is 10.9 Å². The first-order chi connectivity index (χ1) is 10.0. The Balaban J connectivity index is 2.07. The average molecular weight is 304 g/mol. The molecule has 0 aliphatic rings. The van der Waals surface area contributed by atoms with Crippen molar-refractivity contribution in [2.45, 2.75) is 0 Å². The zero-order chi connectivity index (χ0) is 15.0. The van der Waals surface area contributed by atoms with Gasteiger partial charge in [0, 0.05) is 11.1 Å². The van der Waals surface area contributed by atoms with Gasteiger partial charge in [0.1, 0.15) is 18.0 Å². The zero-order valence-corrected chi connectivity index (χ0v) is 11.5. The quantitative estimate of drug-likeness (QED) is 0.632. The summed E-state index contributed by atoms with van der Waals surface area (Å²) in [4.78, 5) is 8.31. The number of halogens is 2. The number of benzene rings is 2. The molecule has 3 rings (SSSR count). The highest BCUT2D eigenvalue weighted by molar-refractivity contribution is 6.31. The molecular weight excluding hydrogens is 293 g/mol. The Hall–Kier alpha value is -2.60. The van der Waals surface area contributed by atoms with E-state index in [-0.39, 0.29) is 5.02 Å². The van der Waals surface area contributed by atoms with Crippen molar-refractivity contribution in [2.75, 3.05) is 16.8 Å². The summed E-state index contributed by atoms with van der Waals surface area (Å²) in [5.41, 5.74) is 13.7. The molecule has 0 aliphatic heterocycles. The van der Waals surface area contributed by atoms with Crippen molar-refractivity contribution in [3.05, 3.63) is 47.5 Å². The van der Waals surface area contributed by atoms with Crippen LogP contribution in [-0.4, -0.2) is 9.97 Å². The van der Waals surface area contributed by atoms with Crippen LogP contribution in [0.1, 0.15) is 0 Å². The Morgan fingerprint density at radius 1 is 1.05 bits per heavy atom. The summed E-state index contributed by atoms with van der Waals surface area (Å²) in [5, 5.41) is 3.81. The second-order valence-electron chi connectivity index (χ2n) is 4.47. The maximum Gasteiger partial charge on any atom is 0.141 e. The highest BCUT2D eigenvalue weighted by atomic mass is 35.5. The van der Waals surface area contributed by atoms with Gasteiger partial charge >= 0.3 is 0 Å². The van der Waals surface area contributed by atoms with Gasteiger partial charge in [-0.15, -0.1) is 0 Å². The van der Waals surface area contributed by atoms with Gasteiger partial charge in [0.15, 0.2) is 0 Å². The summed E-state index contributed by atoms with van der Waals surface area (Å²) < 4.78 is 13.2. The van der Waals surface area contributed by atoms with Crippen LogP contribution in [0.5, 0.6) is 0 Å². The molecule has 0 radical (unpaired) electrons. The number of hydrogen-bond donors (Lipinski definition) is 3. The molecule has 106 valence electrons. The maximum absolute atomic E-state index is 13.2. The van der Waals surface area contributed by atoms with E-state index in [2.05, 4.69) is 15.3 Å². The lowest BCUT2D eigenvalue weighted by Gasteiger charge is -2.10. The molecule has 0 atom stereocenters. The van der Waals surface area contributed by atoms with Gasteiger partial charge in [0.05, 0.1) is 21.9 Å². The number of aromatic nitrogens is 2. The van der Waals surface area contributed by atoms with E-state index in [4.69, 9.17) is 23.1 Å². The zero-order valence-electron chi connectivity index (χ0n) is 10.8. The standard InChI is InChI=1S/C14H11ClFN5/c15-9-3-7(1-2-10(9)16)21-14-8-4-11(17)12(18)5-13(8)19-6-20-14/h1-6H,17-18H2,(H,19,20,21). The van der Waals surface area contributed by atoms with Gasteiger partial charge in [-0.1, -0.05) is 11.6 Å². The first-order valence-electron chi connectivity index (χ1n) is 6.06. The summed E-state index contributed by atoms with van der Waals surface area (Å²) in [6.45, 7) is 0. The normalized spacial score (nSPS) is 10.8. The fourth-order valence-electron chi connectivity index (χ4n) is 1.95. The van der Waals surface area contributed by atoms with Crippen molar-refractivity contribution in [3.8, 4) is 0 Å². The third-order valence-electron chi connectivity index (χ3n) is 3.02. The van der Waals surface area contributed by atoms with Gasteiger partial charge in [-0.3, -0.25) is 0 Å². The third-order valence-corrected chi connectivity index (χ3v) is 3.31. The van der Waals surface area contributed by atoms with Crippen LogP contribution >= 0.6 is 11.6 Å². The van der Waals surface area contributed by atoms with Crippen molar-refractivity contribution in [1.29, 1.82) is 0 Å². The molecule has 0 saturated carbocycles. The molecule has 0 aliphatic carbocycles. The molecule has 0 saturated heterocycles. The van der Waals surface area contributed by atoms with Gasteiger partial charge in [0.2, 0.25) is 0 Å². The molecule has 0 amide bonds. The van der Waals surface area contributed by atoms with Crippen molar-refractivity contribution in [1.82, 2.24) is 9.97 Å². The van der Waals surface area contributed by atoms with E-state index in [0.717, 1.165) is 0 Å². The van der Waals surface area contributed by atoms with E-state index in [9.17, 15) is 4.39 Å². The number of nitrogens with zero attached hydrogens (tertiary/aromatic N) is 2. The van der Waals surface area contributed by atoms with E-state index < -0.39 is 5.82 Å². The van der Waals surface area contributed by atoms with Crippen molar-refractivity contribution >= 4 is 45.4 Å². The largest absolute Gasteiger partial charge is 0.397 e. The lowest BCUT2D eigenvalue weighted by Crippen LogP contribution is -1.99. The number of fused-ring (bicyclic) bond motifs is 1. The van der Waals surface area contributed by atoms with Gasteiger partial charge in [0.25, 0.3) is 0 Å². The molecule has 3 aromatic rings. The molecule has 5 nitrogen and oxygen atoms in total. The number of rotatable bonds is 2. The van der Waals surface area contributed by atoms with Gasteiger partial charge in [-0.2, -0.15) is 0 Å². The number of nitrogens with one attached hydrogen (secondary N) is 1. The Bertz CT molecular complexity index is 837. The number of nitrogen functional groups attached to an aromatic ring is 2. The SMILES string of the molecule is Nc1cc2ncnc(Nc3ccc(F)c(Cl)c3)c2cc1N. The van der Waals surface area contributed by atoms with Crippen LogP contribution in [-0.2, 0) is 0 Å². The number of anilines is 4. The second-order valence-corrected chi connectivity index (χ2v) is 4.88. The predicted molar refractivity (Wildman–Crippen MR) is 83.1 cm³/mol. The molecule has 1 aromatic heterocycles. The maximum atomic E-state index is 13.2. The van der Waals surface area contributed by atoms with Crippen LogP contribution in [0.15, 0.2) is 36.7 Å². The number of hydrogen-bond acceptors (Lipinski definition) is 5. The lowest BCUT2D eigenvalue weighted by atomic mass is 10.2. The average Bonchev–Trinajstić information content (AvgIpc) is 2.45. The fraction of sp³-hybridized carbons (Fsp3) is 0. The Morgan fingerprint density at radius 3 is 2.57 bits per heavy atom.